The number of sulfonamides is 1. The first-order valence-corrected chi connectivity index (χ1v) is 8.13. The fourth-order valence-corrected chi connectivity index (χ4v) is 3.80. The number of aromatic nitrogens is 1. The van der Waals surface area contributed by atoms with Gasteiger partial charge < -0.3 is 4.90 Å². The third kappa shape index (κ3) is 2.99. The Morgan fingerprint density at radius 3 is 2.60 bits per heavy atom. The van der Waals surface area contributed by atoms with Crippen molar-refractivity contribution in [1.82, 2.24) is 14.6 Å². The molecule has 0 bridgehead atoms. The average Bonchev–Trinajstić information content (AvgIpc) is 2.87. The Bertz CT molecular complexity index is 569. The van der Waals surface area contributed by atoms with Crippen LogP contribution in [0.2, 0.25) is 0 Å². The van der Waals surface area contributed by atoms with Crippen LogP contribution in [-0.4, -0.2) is 44.5 Å². The molecule has 7 heteroatoms. The van der Waals surface area contributed by atoms with Crippen molar-refractivity contribution in [2.24, 2.45) is 0 Å². The quantitative estimate of drug-likeness (QED) is 0.892. The fraction of sp³-hybridized carbons (Fsp3) is 0.615. The van der Waals surface area contributed by atoms with Crippen LogP contribution in [0.5, 0.6) is 0 Å². The minimum absolute atomic E-state index is 0.182. The molecule has 1 aliphatic rings. The summed E-state index contributed by atoms with van der Waals surface area (Å²) in [6, 6.07) is 2.46. The molecule has 1 fully saturated rings. The van der Waals surface area contributed by atoms with Gasteiger partial charge in [0.05, 0.1) is 0 Å². The maximum atomic E-state index is 13.5. The maximum absolute atomic E-state index is 13.5. The van der Waals surface area contributed by atoms with E-state index in [1.807, 2.05) is 14.1 Å². The van der Waals surface area contributed by atoms with E-state index in [-0.39, 0.29) is 12.1 Å². The van der Waals surface area contributed by atoms with Crippen molar-refractivity contribution in [3.05, 3.63) is 24.1 Å². The summed E-state index contributed by atoms with van der Waals surface area (Å²) >= 11 is 0. The van der Waals surface area contributed by atoms with Crippen LogP contribution in [0.3, 0.4) is 0 Å². The predicted octanol–water partition coefficient (Wildman–Crippen LogP) is 1.37. The number of hydrogen-bond acceptors (Lipinski definition) is 4. The topological polar surface area (TPSA) is 62.3 Å². The second kappa shape index (κ2) is 5.75. The van der Waals surface area contributed by atoms with Crippen LogP contribution in [0.15, 0.2) is 23.4 Å². The summed E-state index contributed by atoms with van der Waals surface area (Å²) < 4.78 is 40.3. The monoisotopic (exact) mass is 301 g/mol. The van der Waals surface area contributed by atoms with E-state index in [2.05, 4.69) is 14.6 Å². The van der Waals surface area contributed by atoms with Crippen molar-refractivity contribution in [3.63, 3.8) is 0 Å². The zero-order valence-electron chi connectivity index (χ0n) is 11.8. The highest BCUT2D eigenvalue weighted by Gasteiger charge is 2.37. The van der Waals surface area contributed by atoms with Crippen molar-refractivity contribution in [2.45, 2.75) is 36.2 Å². The number of nitrogens with one attached hydrogen (secondary N) is 1. The smallest absolute Gasteiger partial charge is 0.261 e. The molecule has 1 aliphatic carbocycles. The van der Waals surface area contributed by atoms with E-state index in [0.29, 0.717) is 0 Å². The average molecular weight is 301 g/mol. The predicted molar refractivity (Wildman–Crippen MR) is 74.3 cm³/mol. The molecule has 0 unspecified atom stereocenters. The summed E-state index contributed by atoms with van der Waals surface area (Å²) in [5, 5.41) is -0.535. The summed E-state index contributed by atoms with van der Waals surface area (Å²) in [7, 11) is -0.0220. The lowest BCUT2D eigenvalue weighted by Gasteiger charge is -2.36. The molecular weight excluding hydrogens is 281 g/mol. The van der Waals surface area contributed by atoms with Crippen LogP contribution in [0.25, 0.3) is 0 Å². The SMILES string of the molecule is CN(C)C1(CNS(=O)(=O)c2ncccc2F)CCCC1. The van der Waals surface area contributed by atoms with Gasteiger partial charge in [0.2, 0.25) is 5.03 Å². The van der Waals surface area contributed by atoms with Gasteiger partial charge in [0, 0.05) is 18.3 Å². The number of hydrogen-bond donors (Lipinski definition) is 1. The summed E-state index contributed by atoms with van der Waals surface area (Å²) in [6.45, 7) is 0.276. The summed E-state index contributed by atoms with van der Waals surface area (Å²) in [5.74, 6) is -0.828. The van der Waals surface area contributed by atoms with Gasteiger partial charge in [0.1, 0.15) is 0 Å². The lowest BCUT2D eigenvalue weighted by atomic mass is 9.97. The Labute approximate surface area is 119 Å². The van der Waals surface area contributed by atoms with Gasteiger partial charge in [0.25, 0.3) is 10.0 Å². The molecule has 0 spiro atoms. The molecule has 0 saturated heterocycles. The Kier molecular flexibility index (Phi) is 4.41. The molecule has 0 radical (unpaired) electrons. The Balaban J connectivity index is 2.15. The van der Waals surface area contributed by atoms with Crippen LogP contribution in [0.4, 0.5) is 4.39 Å². The van der Waals surface area contributed by atoms with E-state index in [9.17, 15) is 12.8 Å². The lowest BCUT2D eigenvalue weighted by molar-refractivity contribution is 0.161. The first-order chi connectivity index (χ1) is 9.37. The summed E-state index contributed by atoms with van der Waals surface area (Å²) in [5.41, 5.74) is -0.182. The van der Waals surface area contributed by atoms with Gasteiger partial charge in [-0.05, 0) is 39.1 Å². The van der Waals surface area contributed by atoms with E-state index in [1.165, 1.54) is 12.3 Å². The minimum atomic E-state index is -3.91. The number of rotatable bonds is 5. The van der Waals surface area contributed by atoms with Crippen LogP contribution in [0, 0.1) is 5.82 Å². The zero-order chi connectivity index (χ0) is 14.8. The normalized spacial score (nSPS) is 18.6. The number of halogens is 1. The van der Waals surface area contributed by atoms with Crippen LogP contribution < -0.4 is 4.72 Å². The minimum Gasteiger partial charge on any atom is -0.302 e. The van der Waals surface area contributed by atoms with E-state index < -0.39 is 20.9 Å². The lowest BCUT2D eigenvalue weighted by Crippen LogP contribution is -2.50. The van der Waals surface area contributed by atoms with Crippen LogP contribution in [0.1, 0.15) is 25.7 Å². The molecule has 1 aromatic heterocycles. The van der Waals surface area contributed by atoms with Gasteiger partial charge in [-0.2, -0.15) is 0 Å². The first-order valence-electron chi connectivity index (χ1n) is 6.65. The Morgan fingerprint density at radius 2 is 2.05 bits per heavy atom. The van der Waals surface area contributed by atoms with Gasteiger partial charge >= 0.3 is 0 Å². The third-order valence-corrected chi connectivity index (χ3v) is 5.39. The van der Waals surface area contributed by atoms with Crippen LogP contribution >= 0.6 is 0 Å². The van der Waals surface area contributed by atoms with E-state index >= 15 is 0 Å². The van der Waals surface area contributed by atoms with Gasteiger partial charge in [-0.15, -0.1) is 0 Å². The molecule has 0 aromatic carbocycles. The molecular formula is C13H20FN3O2S. The zero-order valence-corrected chi connectivity index (χ0v) is 12.6. The van der Waals surface area contributed by atoms with Gasteiger partial charge in [0.15, 0.2) is 5.82 Å². The van der Waals surface area contributed by atoms with E-state index in [4.69, 9.17) is 0 Å². The van der Waals surface area contributed by atoms with Gasteiger partial charge in [-0.25, -0.2) is 22.5 Å². The first kappa shape index (κ1) is 15.3. The third-order valence-electron chi connectivity index (χ3n) is 4.05. The molecule has 20 heavy (non-hydrogen) atoms. The second-order valence-corrected chi connectivity index (χ2v) is 7.12. The molecule has 5 nitrogen and oxygen atoms in total. The molecule has 1 aromatic rings. The molecule has 1 saturated carbocycles. The van der Waals surface area contributed by atoms with Crippen molar-refractivity contribution in [2.75, 3.05) is 20.6 Å². The molecule has 1 N–H and O–H groups in total. The molecule has 2 rings (SSSR count). The molecule has 0 atom stereocenters. The summed E-state index contributed by atoms with van der Waals surface area (Å²) in [6.07, 6.45) is 5.31. The number of pyridine rings is 1. The molecule has 1 heterocycles. The highest BCUT2D eigenvalue weighted by Crippen LogP contribution is 2.33. The number of nitrogens with zero attached hydrogens (tertiary/aromatic N) is 2. The molecule has 112 valence electrons. The van der Waals surface area contributed by atoms with E-state index in [1.54, 1.807) is 0 Å². The maximum Gasteiger partial charge on any atom is 0.261 e. The van der Waals surface area contributed by atoms with Crippen molar-refractivity contribution in [3.8, 4) is 0 Å². The molecule has 0 aliphatic heterocycles. The summed E-state index contributed by atoms with van der Waals surface area (Å²) in [4.78, 5) is 5.68. The van der Waals surface area contributed by atoms with E-state index in [0.717, 1.165) is 31.7 Å². The van der Waals surface area contributed by atoms with Gasteiger partial charge in [-0.1, -0.05) is 12.8 Å². The van der Waals surface area contributed by atoms with Gasteiger partial charge in [-0.3, -0.25) is 0 Å². The molecule has 0 amide bonds. The van der Waals surface area contributed by atoms with Crippen molar-refractivity contribution >= 4 is 10.0 Å². The van der Waals surface area contributed by atoms with Crippen molar-refractivity contribution < 1.29 is 12.8 Å². The van der Waals surface area contributed by atoms with Crippen LogP contribution in [-0.2, 0) is 10.0 Å². The highest BCUT2D eigenvalue weighted by molar-refractivity contribution is 7.89. The standard InChI is InChI=1S/C13H20FN3O2S/c1-17(2)13(7-3-4-8-13)10-16-20(18,19)12-11(14)6-5-9-15-12/h5-6,9,16H,3-4,7-8,10H2,1-2H3. The Morgan fingerprint density at radius 1 is 1.40 bits per heavy atom. The van der Waals surface area contributed by atoms with Crippen molar-refractivity contribution in [1.29, 1.82) is 0 Å². The fourth-order valence-electron chi connectivity index (χ4n) is 2.68. The Hall–Kier alpha value is -1.05. The largest absolute Gasteiger partial charge is 0.302 e. The number of likely N-dealkylation sites (N-methyl/N-ethyl adjacent to an activating group) is 1. The second-order valence-electron chi connectivity index (χ2n) is 5.44. The highest BCUT2D eigenvalue weighted by atomic mass is 32.2.